The fraction of sp³-hybridized carbons (Fsp3) is 0.0909. The summed E-state index contributed by atoms with van der Waals surface area (Å²) >= 11 is 6.97. The number of carbonyl (C=O) groups excluding carboxylic acids is 1. The van der Waals surface area contributed by atoms with Gasteiger partial charge in [0.1, 0.15) is 6.61 Å². The van der Waals surface area contributed by atoms with Crippen molar-refractivity contribution in [1.82, 2.24) is 0 Å². The highest BCUT2D eigenvalue weighted by Gasteiger charge is 2.29. The SMILES string of the molecule is N#Cc1cccc(S(=O)(=O)N(Cc2c(Br)cccc2Br)c2ccc3c(c2)C(=O)OC3)c1. The van der Waals surface area contributed by atoms with Gasteiger partial charge in [0.15, 0.2) is 0 Å². The van der Waals surface area contributed by atoms with E-state index in [0.29, 0.717) is 22.4 Å². The van der Waals surface area contributed by atoms with E-state index in [-0.39, 0.29) is 23.6 Å². The number of benzene rings is 3. The lowest BCUT2D eigenvalue weighted by molar-refractivity contribution is 0.0535. The number of halogens is 2. The summed E-state index contributed by atoms with van der Waals surface area (Å²) in [5.41, 5.74) is 2.32. The van der Waals surface area contributed by atoms with E-state index in [1.54, 1.807) is 18.2 Å². The van der Waals surface area contributed by atoms with E-state index >= 15 is 0 Å². The van der Waals surface area contributed by atoms with Crippen molar-refractivity contribution in [2.24, 2.45) is 0 Å². The maximum atomic E-state index is 13.7. The van der Waals surface area contributed by atoms with Gasteiger partial charge in [-0.2, -0.15) is 5.26 Å². The molecule has 31 heavy (non-hydrogen) atoms. The Kier molecular flexibility index (Phi) is 5.88. The molecule has 1 aliphatic heterocycles. The van der Waals surface area contributed by atoms with Gasteiger partial charge in [0.2, 0.25) is 0 Å². The largest absolute Gasteiger partial charge is 0.457 e. The Bertz CT molecular complexity index is 1330. The first-order chi connectivity index (χ1) is 14.8. The van der Waals surface area contributed by atoms with E-state index in [2.05, 4.69) is 31.9 Å². The van der Waals surface area contributed by atoms with Crippen LogP contribution in [0.1, 0.15) is 27.0 Å². The molecule has 0 aromatic heterocycles. The van der Waals surface area contributed by atoms with Crippen LogP contribution in [0.4, 0.5) is 5.69 Å². The van der Waals surface area contributed by atoms with Gasteiger partial charge in [-0.25, -0.2) is 13.2 Å². The lowest BCUT2D eigenvalue weighted by Crippen LogP contribution is -2.31. The normalized spacial score (nSPS) is 12.7. The van der Waals surface area contributed by atoms with E-state index in [1.165, 1.54) is 28.6 Å². The maximum absolute atomic E-state index is 13.7. The second-order valence-corrected chi connectivity index (χ2v) is 10.3. The number of ether oxygens (including phenoxy) is 1. The molecule has 0 saturated heterocycles. The van der Waals surface area contributed by atoms with Crippen LogP contribution in [0.5, 0.6) is 0 Å². The third-order valence-corrected chi connectivity index (χ3v) is 8.13. The zero-order chi connectivity index (χ0) is 22.2. The molecule has 9 heteroatoms. The number of nitriles is 1. The molecule has 156 valence electrons. The minimum absolute atomic E-state index is 0.00500. The first-order valence-electron chi connectivity index (χ1n) is 9.07. The van der Waals surface area contributed by atoms with Gasteiger partial charge >= 0.3 is 5.97 Å². The third-order valence-electron chi connectivity index (χ3n) is 4.87. The molecule has 0 unspecified atom stereocenters. The molecule has 0 N–H and O–H groups in total. The van der Waals surface area contributed by atoms with Gasteiger partial charge in [-0.05, 0) is 42.5 Å². The first-order valence-corrected chi connectivity index (χ1v) is 12.1. The molecular formula is C22H14Br2N2O4S. The minimum Gasteiger partial charge on any atom is -0.457 e. The topological polar surface area (TPSA) is 87.5 Å². The Balaban J connectivity index is 1.88. The quantitative estimate of drug-likeness (QED) is 0.402. The molecule has 1 aliphatic rings. The zero-order valence-corrected chi connectivity index (χ0v) is 19.9. The predicted molar refractivity (Wildman–Crippen MR) is 122 cm³/mol. The average Bonchev–Trinajstić information content (AvgIpc) is 3.13. The van der Waals surface area contributed by atoms with Crippen molar-refractivity contribution in [2.45, 2.75) is 18.0 Å². The molecule has 0 aliphatic carbocycles. The number of anilines is 1. The number of nitrogens with zero attached hydrogens (tertiary/aromatic N) is 2. The number of sulfonamides is 1. The zero-order valence-electron chi connectivity index (χ0n) is 15.9. The van der Waals surface area contributed by atoms with Gasteiger partial charge < -0.3 is 4.74 Å². The number of fused-ring (bicyclic) bond motifs is 1. The predicted octanol–water partition coefficient (Wildman–Crippen LogP) is 5.15. The number of cyclic esters (lactones) is 1. The Hall–Kier alpha value is -2.67. The van der Waals surface area contributed by atoms with E-state index in [4.69, 9.17) is 4.74 Å². The minimum atomic E-state index is -4.06. The molecule has 0 radical (unpaired) electrons. The Morgan fingerprint density at radius 3 is 2.45 bits per heavy atom. The first kappa shape index (κ1) is 21.6. The van der Waals surface area contributed by atoms with Crippen molar-refractivity contribution < 1.29 is 17.9 Å². The molecule has 0 fully saturated rings. The molecule has 6 nitrogen and oxygen atoms in total. The van der Waals surface area contributed by atoms with Gasteiger partial charge in [-0.1, -0.05) is 50.1 Å². The lowest BCUT2D eigenvalue weighted by Gasteiger charge is -2.26. The Morgan fingerprint density at radius 2 is 1.74 bits per heavy atom. The van der Waals surface area contributed by atoms with Gasteiger partial charge in [-0.3, -0.25) is 4.31 Å². The average molecular weight is 562 g/mol. The van der Waals surface area contributed by atoms with Gasteiger partial charge in [0, 0.05) is 20.1 Å². The summed E-state index contributed by atoms with van der Waals surface area (Å²) in [4.78, 5) is 12.1. The van der Waals surface area contributed by atoms with E-state index < -0.39 is 16.0 Å². The highest BCUT2D eigenvalue weighted by atomic mass is 79.9. The highest BCUT2D eigenvalue weighted by molar-refractivity contribution is 9.11. The standard InChI is InChI=1S/C22H14Br2N2O4S/c23-20-5-2-6-21(24)19(20)12-26(16-8-7-15-13-30-22(27)18(15)10-16)31(28,29)17-4-1-3-14(9-17)11-25/h1-10H,12-13H2. The van der Waals surface area contributed by atoms with E-state index in [0.717, 1.165) is 8.95 Å². The van der Waals surface area contributed by atoms with Crippen LogP contribution in [0.3, 0.4) is 0 Å². The summed E-state index contributed by atoms with van der Waals surface area (Å²) in [5, 5.41) is 9.20. The second-order valence-electron chi connectivity index (χ2n) is 6.77. The lowest BCUT2D eigenvalue weighted by atomic mass is 10.1. The molecule has 0 spiro atoms. The molecular weight excluding hydrogens is 548 g/mol. The highest BCUT2D eigenvalue weighted by Crippen LogP contribution is 2.34. The molecule has 0 amide bonds. The van der Waals surface area contributed by atoms with E-state index in [9.17, 15) is 18.5 Å². The molecule has 0 bridgehead atoms. The summed E-state index contributed by atoms with van der Waals surface area (Å²) in [6, 6.07) is 18.2. The molecule has 0 atom stereocenters. The Morgan fingerprint density at radius 1 is 1.03 bits per heavy atom. The van der Waals surface area contributed by atoms with Crippen LogP contribution in [0.25, 0.3) is 0 Å². The summed E-state index contributed by atoms with van der Waals surface area (Å²) in [7, 11) is -4.06. The molecule has 3 aromatic rings. The van der Waals surface area contributed by atoms with Crippen LogP contribution in [0.2, 0.25) is 0 Å². The van der Waals surface area contributed by atoms with Gasteiger partial charge in [0.05, 0.1) is 34.3 Å². The maximum Gasteiger partial charge on any atom is 0.338 e. The van der Waals surface area contributed by atoms with E-state index in [1.807, 2.05) is 24.3 Å². The van der Waals surface area contributed by atoms with Crippen LogP contribution in [0, 0.1) is 11.3 Å². The van der Waals surface area contributed by atoms with Crippen molar-refractivity contribution in [3.8, 4) is 6.07 Å². The summed E-state index contributed by atoms with van der Waals surface area (Å²) in [6.07, 6.45) is 0. The fourth-order valence-corrected chi connectivity index (χ4v) is 5.97. The van der Waals surface area contributed by atoms with Crippen molar-refractivity contribution in [2.75, 3.05) is 4.31 Å². The molecule has 4 rings (SSSR count). The Labute approximate surface area is 196 Å². The monoisotopic (exact) mass is 560 g/mol. The van der Waals surface area contributed by atoms with Crippen LogP contribution >= 0.6 is 31.9 Å². The number of rotatable bonds is 5. The molecule has 1 heterocycles. The number of carbonyl (C=O) groups is 1. The van der Waals surface area contributed by atoms with Crippen LogP contribution < -0.4 is 4.31 Å². The van der Waals surface area contributed by atoms with Crippen LogP contribution in [0.15, 0.2) is 74.5 Å². The van der Waals surface area contributed by atoms with Crippen molar-refractivity contribution in [1.29, 1.82) is 5.26 Å². The van der Waals surface area contributed by atoms with Crippen molar-refractivity contribution >= 4 is 53.5 Å². The van der Waals surface area contributed by atoms with Crippen LogP contribution in [-0.4, -0.2) is 14.4 Å². The number of hydrogen-bond acceptors (Lipinski definition) is 5. The van der Waals surface area contributed by atoms with Crippen molar-refractivity contribution in [3.05, 3.63) is 91.9 Å². The number of esters is 1. The van der Waals surface area contributed by atoms with Gasteiger partial charge in [0.25, 0.3) is 10.0 Å². The van der Waals surface area contributed by atoms with Crippen LogP contribution in [-0.2, 0) is 27.9 Å². The summed E-state index contributed by atoms with van der Waals surface area (Å²) < 4.78 is 35.1. The van der Waals surface area contributed by atoms with Gasteiger partial charge in [-0.15, -0.1) is 0 Å². The third kappa shape index (κ3) is 4.11. The molecule has 0 saturated carbocycles. The summed E-state index contributed by atoms with van der Waals surface area (Å²) in [6.45, 7) is 0.163. The fourth-order valence-electron chi connectivity index (χ4n) is 3.25. The van der Waals surface area contributed by atoms with Crippen molar-refractivity contribution in [3.63, 3.8) is 0 Å². The molecule has 3 aromatic carbocycles. The summed E-state index contributed by atoms with van der Waals surface area (Å²) in [5.74, 6) is -0.484. The second kappa shape index (κ2) is 8.46. The number of hydrogen-bond donors (Lipinski definition) is 0. The smallest absolute Gasteiger partial charge is 0.338 e.